The summed E-state index contributed by atoms with van der Waals surface area (Å²) in [5.41, 5.74) is 0. The predicted octanol–water partition coefficient (Wildman–Crippen LogP) is 6.94. The van der Waals surface area contributed by atoms with Crippen molar-refractivity contribution in [2.45, 2.75) is 148 Å². The van der Waals surface area contributed by atoms with E-state index in [1.165, 1.54) is 19.3 Å². The summed E-state index contributed by atoms with van der Waals surface area (Å²) in [5.74, 6) is -0.924. The van der Waals surface area contributed by atoms with E-state index in [4.69, 9.17) is 24.0 Å². The molecule has 1 aliphatic heterocycles. The molecule has 0 spiro atoms. The summed E-state index contributed by atoms with van der Waals surface area (Å²) in [6.07, 6.45) is 21.5. The van der Waals surface area contributed by atoms with Gasteiger partial charge in [-0.25, -0.2) is 4.57 Å². The molecule has 1 heterocycles. The van der Waals surface area contributed by atoms with Crippen LogP contribution in [-0.4, -0.2) is 53.3 Å². The Morgan fingerprint density at radius 2 is 1.41 bits per heavy atom. The first-order valence-corrected chi connectivity index (χ1v) is 16.6. The summed E-state index contributed by atoms with van der Waals surface area (Å²) >= 11 is 0. The van der Waals surface area contributed by atoms with Crippen molar-refractivity contribution in [3.63, 3.8) is 0 Å². The summed E-state index contributed by atoms with van der Waals surface area (Å²) in [6, 6.07) is 0. The van der Waals surface area contributed by atoms with Crippen molar-refractivity contribution in [2.75, 3.05) is 13.2 Å². The van der Waals surface area contributed by atoms with Gasteiger partial charge < -0.3 is 24.0 Å². The summed E-state index contributed by atoms with van der Waals surface area (Å²) in [7, 11) is -4.73. The molecule has 0 aliphatic carbocycles. The number of hydrogen-bond donors (Lipinski definition) is 2. The van der Waals surface area contributed by atoms with Gasteiger partial charge in [0.1, 0.15) is 6.61 Å². The van der Waals surface area contributed by atoms with Crippen LogP contribution in [0.4, 0.5) is 0 Å². The minimum Gasteiger partial charge on any atom is -0.462 e. The number of phosphoric acid groups is 1. The second-order valence-corrected chi connectivity index (χ2v) is 11.7. The molecule has 1 saturated heterocycles. The van der Waals surface area contributed by atoms with Gasteiger partial charge in [-0.05, 0) is 38.5 Å². The number of epoxide rings is 1. The molecule has 1 rings (SSSR count). The number of ether oxygens (including phenoxy) is 3. The molecule has 2 N–H and O–H groups in total. The third-order valence-corrected chi connectivity index (χ3v) is 7.19. The van der Waals surface area contributed by atoms with Crippen LogP contribution < -0.4 is 0 Å². The average Bonchev–Trinajstić information content (AvgIpc) is 3.64. The van der Waals surface area contributed by atoms with Crippen LogP contribution in [0.2, 0.25) is 0 Å². The van der Waals surface area contributed by atoms with Gasteiger partial charge in [-0.15, -0.1) is 0 Å². The molecule has 1 fully saturated rings. The molecule has 1 aliphatic rings. The van der Waals surface area contributed by atoms with Gasteiger partial charge in [-0.1, -0.05) is 90.2 Å². The predicted molar refractivity (Wildman–Crippen MR) is 151 cm³/mol. The SMILES string of the molecule is CCCCC/C=C\CC1OC1CCCCCCCC(=O)OC[C@H](COP(=O)(O)O)OC(=O)CCCCCCC. The van der Waals surface area contributed by atoms with Gasteiger partial charge >= 0.3 is 19.8 Å². The second-order valence-electron chi connectivity index (χ2n) is 10.5. The van der Waals surface area contributed by atoms with Crippen LogP contribution in [0.15, 0.2) is 12.2 Å². The number of carbonyl (C=O) groups excluding carboxylic acids is 2. The van der Waals surface area contributed by atoms with Crippen molar-refractivity contribution in [1.29, 1.82) is 0 Å². The minimum atomic E-state index is -4.73. The maximum Gasteiger partial charge on any atom is 0.469 e. The fourth-order valence-electron chi connectivity index (χ4n) is 4.32. The van der Waals surface area contributed by atoms with Crippen molar-refractivity contribution < 1.29 is 42.7 Å². The third kappa shape index (κ3) is 22.2. The maximum absolute atomic E-state index is 12.1. The van der Waals surface area contributed by atoms with E-state index in [0.717, 1.165) is 70.6 Å². The number of phosphoric ester groups is 1. The Bertz CT molecular complexity index is 722. The van der Waals surface area contributed by atoms with Crippen molar-refractivity contribution in [1.82, 2.24) is 0 Å². The minimum absolute atomic E-state index is 0.202. The number of unbranched alkanes of at least 4 members (excludes halogenated alkanes) is 11. The van der Waals surface area contributed by atoms with E-state index >= 15 is 0 Å². The van der Waals surface area contributed by atoms with Crippen LogP contribution in [0.1, 0.15) is 129 Å². The van der Waals surface area contributed by atoms with Crippen molar-refractivity contribution in [3.8, 4) is 0 Å². The standard InChI is InChI=1S/C29H53O9P/c1-3-5-7-9-12-15-19-26-27(38-26)20-16-13-10-14-17-21-28(30)35-23-25(24-36-39(32,33)34)37-29(31)22-18-11-8-6-4-2/h12,15,25-27H,3-11,13-14,16-24H2,1-2H3,(H2,32,33,34)/b15-12-/t25-,26?,27?/m1/s1. The Balaban J connectivity index is 2.11. The first kappa shape index (κ1) is 35.8. The highest BCUT2D eigenvalue weighted by molar-refractivity contribution is 7.46. The van der Waals surface area contributed by atoms with Gasteiger partial charge in [-0.2, -0.15) is 0 Å². The Morgan fingerprint density at radius 1 is 0.795 bits per heavy atom. The molecule has 2 unspecified atom stereocenters. The molecule has 0 saturated carbocycles. The summed E-state index contributed by atoms with van der Waals surface area (Å²) in [4.78, 5) is 42.1. The van der Waals surface area contributed by atoms with E-state index in [1.807, 2.05) is 0 Å². The summed E-state index contributed by atoms with van der Waals surface area (Å²) < 4.78 is 31.7. The molecule has 228 valence electrons. The average molecular weight is 577 g/mol. The fraction of sp³-hybridized carbons (Fsp3) is 0.862. The van der Waals surface area contributed by atoms with Crippen LogP contribution in [0, 0.1) is 0 Å². The second kappa shape index (κ2) is 22.4. The molecule has 0 amide bonds. The Labute approximate surface area is 235 Å². The molecule has 3 atom stereocenters. The zero-order chi connectivity index (χ0) is 28.8. The molecule has 0 radical (unpaired) electrons. The van der Waals surface area contributed by atoms with E-state index in [9.17, 15) is 14.2 Å². The zero-order valence-corrected chi connectivity index (χ0v) is 25.1. The lowest BCUT2D eigenvalue weighted by atomic mass is 10.1. The van der Waals surface area contributed by atoms with E-state index in [2.05, 4.69) is 30.5 Å². The molecule has 0 aromatic heterocycles. The van der Waals surface area contributed by atoms with Crippen LogP contribution >= 0.6 is 7.82 Å². The first-order valence-electron chi connectivity index (χ1n) is 15.1. The highest BCUT2D eigenvalue weighted by atomic mass is 31.2. The van der Waals surface area contributed by atoms with Gasteiger partial charge in [0, 0.05) is 12.8 Å². The summed E-state index contributed by atoms with van der Waals surface area (Å²) in [5, 5.41) is 0. The molecule has 10 heteroatoms. The van der Waals surface area contributed by atoms with Gasteiger partial charge in [0.05, 0.1) is 18.8 Å². The summed E-state index contributed by atoms with van der Waals surface area (Å²) in [6.45, 7) is 3.49. The normalized spacial score (nSPS) is 17.8. The maximum atomic E-state index is 12.1. The number of carbonyl (C=O) groups is 2. The lowest BCUT2D eigenvalue weighted by molar-refractivity contribution is -0.161. The molecule has 39 heavy (non-hydrogen) atoms. The van der Waals surface area contributed by atoms with Gasteiger partial charge in [0.2, 0.25) is 0 Å². The Hall–Kier alpha value is -1.25. The quantitative estimate of drug-likeness (QED) is 0.0369. The third-order valence-electron chi connectivity index (χ3n) is 6.71. The van der Waals surface area contributed by atoms with E-state index < -0.39 is 32.5 Å². The molecular formula is C29H53O9P. The van der Waals surface area contributed by atoms with Crippen LogP contribution in [0.25, 0.3) is 0 Å². The molecular weight excluding hydrogens is 523 g/mol. The van der Waals surface area contributed by atoms with Crippen LogP contribution in [0.5, 0.6) is 0 Å². The topological polar surface area (TPSA) is 132 Å². The molecule has 0 bridgehead atoms. The lowest BCUT2D eigenvalue weighted by Gasteiger charge is -2.18. The monoisotopic (exact) mass is 576 g/mol. The van der Waals surface area contributed by atoms with Crippen molar-refractivity contribution in [3.05, 3.63) is 12.2 Å². The fourth-order valence-corrected chi connectivity index (χ4v) is 4.68. The van der Waals surface area contributed by atoms with Crippen molar-refractivity contribution in [2.24, 2.45) is 0 Å². The smallest absolute Gasteiger partial charge is 0.462 e. The van der Waals surface area contributed by atoms with Crippen LogP contribution in [-0.2, 0) is 32.9 Å². The number of allylic oxidation sites excluding steroid dienone is 1. The number of esters is 2. The van der Waals surface area contributed by atoms with Gasteiger partial charge in [0.25, 0.3) is 0 Å². The van der Waals surface area contributed by atoms with Gasteiger partial charge in [-0.3, -0.25) is 14.1 Å². The largest absolute Gasteiger partial charge is 0.469 e. The lowest BCUT2D eigenvalue weighted by Crippen LogP contribution is -2.29. The zero-order valence-electron chi connectivity index (χ0n) is 24.2. The number of rotatable bonds is 26. The highest BCUT2D eigenvalue weighted by Crippen LogP contribution is 2.36. The number of hydrogen-bond acceptors (Lipinski definition) is 7. The van der Waals surface area contributed by atoms with E-state index in [-0.39, 0.29) is 19.4 Å². The molecule has 0 aromatic rings. The van der Waals surface area contributed by atoms with E-state index in [0.29, 0.717) is 25.0 Å². The Morgan fingerprint density at radius 3 is 2.10 bits per heavy atom. The Kier molecular flexibility index (Phi) is 20.6. The highest BCUT2D eigenvalue weighted by Gasteiger charge is 2.36. The van der Waals surface area contributed by atoms with Crippen molar-refractivity contribution >= 4 is 19.8 Å². The molecule has 9 nitrogen and oxygen atoms in total. The van der Waals surface area contributed by atoms with Crippen LogP contribution in [0.3, 0.4) is 0 Å². The van der Waals surface area contributed by atoms with E-state index in [1.54, 1.807) is 0 Å². The first-order chi connectivity index (χ1) is 18.7. The van der Waals surface area contributed by atoms with Gasteiger partial charge in [0.15, 0.2) is 6.10 Å². The molecule has 0 aromatic carbocycles.